The quantitative estimate of drug-likeness (QED) is 0.677. The summed E-state index contributed by atoms with van der Waals surface area (Å²) in [5, 5.41) is 2.13. The second kappa shape index (κ2) is 2.57. The van der Waals surface area contributed by atoms with Crippen LogP contribution in [0.15, 0.2) is 11.4 Å². The molecule has 60 valence electrons. The van der Waals surface area contributed by atoms with Gasteiger partial charge in [0.15, 0.2) is 0 Å². The third kappa shape index (κ3) is 1.15. The van der Waals surface area contributed by atoms with Crippen LogP contribution < -0.4 is 0 Å². The second-order valence-corrected chi connectivity index (χ2v) is 5.32. The van der Waals surface area contributed by atoms with Gasteiger partial charge in [-0.15, -0.1) is 11.3 Å². The number of hydrogen-bond acceptors (Lipinski definition) is 2. The molecule has 0 radical (unpaired) electrons. The van der Waals surface area contributed by atoms with Crippen molar-refractivity contribution in [3.05, 3.63) is 21.9 Å². The van der Waals surface area contributed by atoms with Crippen molar-refractivity contribution in [3.8, 4) is 0 Å². The smallest absolute Gasteiger partial charge is 0.107 e. The van der Waals surface area contributed by atoms with Crippen molar-refractivity contribution >= 4 is 27.3 Å². The SMILES string of the molecule is Cc1ccsc1C1(Br)COC1. The van der Waals surface area contributed by atoms with E-state index >= 15 is 0 Å². The van der Waals surface area contributed by atoms with Crippen molar-refractivity contribution in [2.24, 2.45) is 0 Å². The number of thiophene rings is 1. The molecule has 0 amide bonds. The van der Waals surface area contributed by atoms with Crippen molar-refractivity contribution in [1.29, 1.82) is 0 Å². The zero-order valence-corrected chi connectivity index (χ0v) is 8.67. The van der Waals surface area contributed by atoms with Gasteiger partial charge in [0.05, 0.1) is 13.2 Å². The molecule has 1 aliphatic rings. The lowest BCUT2D eigenvalue weighted by Crippen LogP contribution is -2.40. The molecule has 0 unspecified atom stereocenters. The van der Waals surface area contributed by atoms with Crippen molar-refractivity contribution < 1.29 is 4.74 Å². The molecule has 1 fully saturated rings. The summed E-state index contributed by atoms with van der Waals surface area (Å²) in [6, 6.07) is 2.15. The Morgan fingerprint density at radius 3 is 2.73 bits per heavy atom. The van der Waals surface area contributed by atoms with Gasteiger partial charge in [-0.05, 0) is 23.9 Å². The summed E-state index contributed by atoms with van der Waals surface area (Å²) in [4.78, 5) is 1.42. The number of ether oxygens (including phenoxy) is 1. The summed E-state index contributed by atoms with van der Waals surface area (Å²) in [5.41, 5.74) is 1.37. The highest BCUT2D eigenvalue weighted by molar-refractivity contribution is 9.09. The van der Waals surface area contributed by atoms with E-state index < -0.39 is 0 Å². The third-order valence-electron chi connectivity index (χ3n) is 1.93. The summed E-state index contributed by atoms with van der Waals surface area (Å²) in [5.74, 6) is 0. The highest BCUT2D eigenvalue weighted by Gasteiger charge is 2.39. The molecule has 0 bridgehead atoms. The van der Waals surface area contributed by atoms with Crippen molar-refractivity contribution in [3.63, 3.8) is 0 Å². The Balaban J connectivity index is 2.35. The zero-order chi connectivity index (χ0) is 7.90. The summed E-state index contributed by atoms with van der Waals surface area (Å²) in [7, 11) is 0. The van der Waals surface area contributed by atoms with Crippen LogP contribution in [0.5, 0.6) is 0 Å². The maximum Gasteiger partial charge on any atom is 0.107 e. The average molecular weight is 233 g/mol. The highest BCUT2D eigenvalue weighted by Crippen LogP contribution is 2.42. The second-order valence-electron chi connectivity index (χ2n) is 2.89. The summed E-state index contributed by atoms with van der Waals surface area (Å²) in [6.45, 7) is 3.77. The van der Waals surface area contributed by atoms with Gasteiger partial charge in [-0.2, -0.15) is 0 Å². The van der Waals surface area contributed by atoms with Gasteiger partial charge in [0.25, 0.3) is 0 Å². The standard InChI is InChI=1S/C8H9BrOS/c1-6-2-3-11-7(6)8(9)4-10-5-8/h2-3H,4-5H2,1H3. The van der Waals surface area contributed by atoms with Crippen LogP contribution in [0.2, 0.25) is 0 Å². The molecule has 0 spiro atoms. The van der Waals surface area contributed by atoms with E-state index in [0.717, 1.165) is 13.2 Å². The van der Waals surface area contributed by atoms with Crippen LogP contribution in [0.4, 0.5) is 0 Å². The molecule has 0 atom stereocenters. The van der Waals surface area contributed by atoms with Crippen LogP contribution in [-0.4, -0.2) is 13.2 Å². The van der Waals surface area contributed by atoms with Crippen LogP contribution >= 0.6 is 27.3 Å². The van der Waals surface area contributed by atoms with Crippen molar-refractivity contribution in [2.45, 2.75) is 11.2 Å². The minimum absolute atomic E-state index is 0.144. The highest BCUT2D eigenvalue weighted by atomic mass is 79.9. The molecule has 0 N–H and O–H groups in total. The molecule has 1 aromatic rings. The van der Waals surface area contributed by atoms with Crippen molar-refractivity contribution in [1.82, 2.24) is 0 Å². The lowest BCUT2D eigenvalue weighted by molar-refractivity contribution is -0.00565. The van der Waals surface area contributed by atoms with E-state index in [4.69, 9.17) is 4.74 Å². The Kier molecular flexibility index (Phi) is 1.82. The van der Waals surface area contributed by atoms with E-state index in [-0.39, 0.29) is 4.32 Å². The Morgan fingerprint density at radius 1 is 1.64 bits per heavy atom. The lowest BCUT2D eigenvalue weighted by atomic mass is 10.0. The monoisotopic (exact) mass is 232 g/mol. The Hall–Kier alpha value is 0.140. The number of alkyl halides is 1. The normalized spacial score (nSPS) is 21.3. The maximum absolute atomic E-state index is 5.18. The molecule has 2 rings (SSSR count). The van der Waals surface area contributed by atoms with Gasteiger partial charge >= 0.3 is 0 Å². The van der Waals surface area contributed by atoms with Crippen LogP contribution in [-0.2, 0) is 9.06 Å². The van der Waals surface area contributed by atoms with Crippen LogP contribution in [0.3, 0.4) is 0 Å². The fourth-order valence-electron chi connectivity index (χ4n) is 1.24. The molecule has 11 heavy (non-hydrogen) atoms. The molecule has 1 aliphatic heterocycles. The molecule has 3 heteroatoms. The minimum Gasteiger partial charge on any atom is -0.378 e. The van der Waals surface area contributed by atoms with Crippen LogP contribution in [0, 0.1) is 6.92 Å². The van der Waals surface area contributed by atoms with Gasteiger partial charge < -0.3 is 4.74 Å². The molecule has 2 heterocycles. The van der Waals surface area contributed by atoms with Gasteiger partial charge in [-0.3, -0.25) is 0 Å². The Bertz CT molecular complexity index is 265. The Morgan fingerprint density at radius 2 is 2.36 bits per heavy atom. The summed E-state index contributed by atoms with van der Waals surface area (Å²) >= 11 is 5.50. The van der Waals surface area contributed by atoms with Crippen molar-refractivity contribution in [2.75, 3.05) is 13.2 Å². The molecule has 1 aromatic heterocycles. The Labute approximate surface area is 78.5 Å². The topological polar surface area (TPSA) is 9.23 Å². The largest absolute Gasteiger partial charge is 0.378 e. The van der Waals surface area contributed by atoms with E-state index in [1.54, 1.807) is 11.3 Å². The summed E-state index contributed by atoms with van der Waals surface area (Å²) in [6.07, 6.45) is 0. The number of aryl methyl sites for hydroxylation is 1. The molecule has 0 aliphatic carbocycles. The van der Waals surface area contributed by atoms with E-state index in [9.17, 15) is 0 Å². The first-order valence-electron chi connectivity index (χ1n) is 3.54. The number of rotatable bonds is 1. The van der Waals surface area contributed by atoms with E-state index in [1.165, 1.54) is 10.4 Å². The first-order chi connectivity index (χ1) is 5.22. The molecular weight excluding hydrogens is 224 g/mol. The maximum atomic E-state index is 5.18. The van der Waals surface area contributed by atoms with Gasteiger partial charge in [0.2, 0.25) is 0 Å². The zero-order valence-electron chi connectivity index (χ0n) is 6.26. The predicted molar refractivity (Wildman–Crippen MR) is 50.5 cm³/mol. The lowest BCUT2D eigenvalue weighted by Gasteiger charge is -2.35. The third-order valence-corrected chi connectivity index (χ3v) is 4.27. The van der Waals surface area contributed by atoms with E-state index in [1.807, 2.05) is 0 Å². The number of halogens is 1. The minimum atomic E-state index is 0.144. The fourth-order valence-corrected chi connectivity index (χ4v) is 3.15. The molecular formula is C8H9BrOS. The fraction of sp³-hybridized carbons (Fsp3) is 0.500. The van der Waals surface area contributed by atoms with Crippen LogP contribution in [0.1, 0.15) is 10.4 Å². The van der Waals surface area contributed by atoms with E-state index in [2.05, 4.69) is 34.3 Å². The predicted octanol–water partition coefficient (Wildman–Crippen LogP) is 2.68. The van der Waals surface area contributed by atoms with Gasteiger partial charge in [0.1, 0.15) is 4.32 Å². The van der Waals surface area contributed by atoms with Crippen LogP contribution in [0.25, 0.3) is 0 Å². The first kappa shape index (κ1) is 7.77. The van der Waals surface area contributed by atoms with Gasteiger partial charge in [-0.1, -0.05) is 15.9 Å². The molecule has 0 saturated carbocycles. The first-order valence-corrected chi connectivity index (χ1v) is 5.21. The van der Waals surface area contributed by atoms with E-state index in [0.29, 0.717) is 0 Å². The summed E-state index contributed by atoms with van der Waals surface area (Å²) < 4.78 is 5.32. The average Bonchev–Trinajstić information content (AvgIpc) is 2.30. The molecule has 1 nitrogen and oxygen atoms in total. The van der Waals surface area contributed by atoms with Gasteiger partial charge in [0, 0.05) is 4.88 Å². The number of hydrogen-bond donors (Lipinski definition) is 0. The van der Waals surface area contributed by atoms with Gasteiger partial charge in [-0.25, -0.2) is 0 Å². The molecule has 0 aromatic carbocycles. The molecule has 1 saturated heterocycles.